The van der Waals surface area contributed by atoms with Crippen molar-refractivity contribution in [3.05, 3.63) is 0 Å². The van der Waals surface area contributed by atoms with E-state index in [1.165, 1.54) is 12.8 Å². The van der Waals surface area contributed by atoms with Gasteiger partial charge in [0.2, 0.25) is 0 Å². The van der Waals surface area contributed by atoms with Crippen LogP contribution in [-0.4, -0.2) is 37.3 Å². The number of hydrogen-bond donors (Lipinski definition) is 2. The molecule has 2 heterocycles. The summed E-state index contributed by atoms with van der Waals surface area (Å²) in [5, 5.41) is 6.83. The van der Waals surface area contributed by atoms with Crippen molar-refractivity contribution < 1.29 is 4.74 Å². The predicted molar refractivity (Wildman–Crippen MR) is 85.7 cm³/mol. The quantitative estimate of drug-likeness (QED) is 0.455. The second-order valence-electron chi connectivity index (χ2n) is 5.47. The van der Waals surface area contributed by atoms with E-state index in [2.05, 4.69) is 36.4 Å². The molecular formula is C13H26IN3O. The minimum atomic E-state index is 0. The lowest BCUT2D eigenvalue weighted by Gasteiger charge is -2.22. The average molecular weight is 367 g/mol. The number of guanidine groups is 1. The van der Waals surface area contributed by atoms with Crippen LogP contribution in [0.1, 0.15) is 40.0 Å². The van der Waals surface area contributed by atoms with E-state index in [1.807, 2.05) is 0 Å². The van der Waals surface area contributed by atoms with Crippen molar-refractivity contribution in [2.45, 2.75) is 58.3 Å². The summed E-state index contributed by atoms with van der Waals surface area (Å²) >= 11 is 0. The van der Waals surface area contributed by atoms with Gasteiger partial charge in [0.25, 0.3) is 0 Å². The van der Waals surface area contributed by atoms with Gasteiger partial charge in [0, 0.05) is 13.1 Å². The Labute approximate surface area is 127 Å². The number of fused-ring (bicyclic) bond motifs is 2. The monoisotopic (exact) mass is 367 g/mol. The van der Waals surface area contributed by atoms with Gasteiger partial charge in [-0.3, -0.25) is 4.99 Å². The van der Waals surface area contributed by atoms with Crippen molar-refractivity contribution in [2.24, 2.45) is 10.9 Å². The van der Waals surface area contributed by atoms with Crippen molar-refractivity contribution in [1.82, 2.24) is 10.6 Å². The summed E-state index contributed by atoms with van der Waals surface area (Å²) in [5.74, 6) is 1.55. The molecule has 5 heteroatoms. The van der Waals surface area contributed by atoms with Gasteiger partial charge in [0.15, 0.2) is 5.96 Å². The zero-order chi connectivity index (χ0) is 12.3. The number of halogens is 1. The molecule has 0 aromatic rings. The summed E-state index contributed by atoms with van der Waals surface area (Å²) in [6.45, 7) is 8.26. The summed E-state index contributed by atoms with van der Waals surface area (Å²) in [7, 11) is 0. The SMILES string of the molecule is CCNC(=NCC(C)C)NC1CC2CCC1O2.I. The molecule has 0 spiro atoms. The van der Waals surface area contributed by atoms with Gasteiger partial charge in [-0.2, -0.15) is 0 Å². The first-order valence-corrected chi connectivity index (χ1v) is 6.89. The topological polar surface area (TPSA) is 45.7 Å². The zero-order valence-electron chi connectivity index (χ0n) is 11.6. The Kier molecular flexibility index (Phi) is 6.70. The summed E-state index contributed by atoms with van der Waals surface area (Å²) in [6, 6.07) is 0.457. The minimum Gasteiger partial charge on any atom is -0.373 e. The molecule has 3 atom stereocenters. The highest BCUT2D eigenvalue weighted by atomic mass is 127. The predicted octanol–water partition coefficient (Wildman–Crippen LogP) is 2.14. The van der Waals surface area contributed by atoms with E-state index < -0.39 is 0 Å². The molecule has 106 valence electrons. The van der Waals surface area contributed by atoms with Crippen LogP contribution in [0, 0.1) is 5.92 Å². The molecule has 3 unspecified atom stereocenters. The van der Waals surface area contributed by atoms with Crippen LogP contribution in [0.25, 0.3) is 0 Å². The molecule has 0 radical (unpaired) electrons. The number of aliphatic imine (C=N–C) groups is 1. The van der Waals surface area contributed by atoms with Crippen LogP contribution in [0.3, 0.4) is 0 Å². The molecule has 0 aromatic carbocycles. The Morgan fingerprint density at radius 2 is 2.17 bits per heavy atom. The Morgan fingerprint density at radius 1 is 1.39 bits per heavy atom. The van der Waals surface area contributed by atoms with Gasteiger partial charge in [-0.25, -0.2) is 0 Å². The third kappa shape index (κ3) is 4.26. The highest BCUT2D eigenvalue weighted by molar-refractivity contribution is 14.0. The summed E-state index contributed by atoms with van der Waals surface area (Å²) in [6.07, 6.45) is 4.47. The van der Waals surface area contributed by atoms with Crippen molar-refractivity contribution in [3.8, 4) is 0 Å². The summed E-state index contributed by atoms with van der Waals surface area (Å²) < 4.78 is 5.84. The molecule has 2 aliphatic heterocycles. The normalized spacial score (nSPS) is 30.4. The van der Waals surface area contributed by atoms with Gasteiger partial charge in [-0.05, 0) is 32.1 Å². The van der Waals surface area contributed by atoms with Crippen molar-refractivity contribution >= 4 is 29.9 Å². The summed E-state index contributed by atoms with van der Waals surface area (Å²) in [5.41, 5.74) is 0. The van der Waals surface area contributed by atoms with E-state index in [9.17, 15) is 0 Å². The maximum Gasteiger partial charge on any atom is 0.191 e. The van der Waals surface area contributed by atoms with Gasteiger partial charge < -0.3 is 15.4 Å². The number of nitrogens with one attached hydrogen (secondary N) is 2. The Hall–Kier alpha value is -0.0400. The Morgan fingerprint density at radius 3 is 2.67 bits per heavy atom. The third-order valence-electron chi connectivity index (χ3n) is 3.39. The fraction of sp³-hybridized carbons (Fsp3) is 0.923. The van der Waals surface area contributed by atoms with Crippen LogP contribution in [-0.2, 0) is 4.74 Å². The fourth-order valence-corrected chi connectivity index (χ4v) is 2.56. The molecule has 2 N–H and O–H groups in total. The van der Waals surface area contributed by atoms with Crippen LogP contribution < -0.4 is 10.6 Å². The molecule has 2 fully saturated rings. The van der Waals surface area contributed by atoms with Crippen LogP contribution in [0.4, 0.5) is 0 Å². The molecular weight excluding hydrogens is 341 g/mol. The molecule has 0 aromatic heterocycles. The maximum absolute atomic E-state index is 5.84. The second-order valence-corrected chi connectivity index (χ2v) is 5.47. The maximum atomic E-state index is 5.84. The Bertz CT molecular complexity index is 283. The standard InChI is InChI=1S/C13H25N3O.HI/c1-4-14-13(15-8-9(2)3)16-11-7-10-5-6-12(11)17-10;/h9-12H,4-8H2,1-3H3,(H2,14,15,16);1H. The molecule has 4 nitrogen and oxygen atoms in total. The van der Waals surface area contributed by atoms with Gasteiger partial charge in [-0.1, -0.05) is 13.8 Å². The van der Waals surface area contributed by atoms with Crippen LogP contribution in [0.2, 0.25) is 0 Å². The Balaban J connectivity index is 0.00000162. The number of hydrogen-bond acceptors (Lipinski definition) is 2. The van der Waals surface area contributed by atoms with Gasteiger partial charge in [-0.15, -0.1) is 24.0 Å². The van der Waals surface area contributed by atoms with E-state index in [1.54, 1.807) is 0 Å². The molecule has 2 aliphatic rings. The smallest absolute Gasteiger partial charge is 0.191 e. The van der Waals surface area contributed by atoms with Crippen LogP contribution >= 0.6 is 24.0 Å². The second kappa shape index (κ2) is 7.53. The number of nitrogens with zero attached hydrogens (tertiary/aromatic N) is 1. The van der Waals surface area contributed by atoms with Crippen molar-refractivity contribution in [3.63, 3.8) is 0 Å². The fourth-order valence-electron chi connectivity index (χ4n) is 2.56. The molecule has 0 amide bonds. The van der Waals surface area contributed by atoms with Crippen molar-refractivity contribution in [1.29, 1.82) is 0 Å². The van der Waals surface area contributed by atoms with Gasteiger partial charge in [0.05, 0.1) is 18.2 Å². The molecule has 0 aliphatic carbocycles. The number of ether oxygens (including phenoxy) is 1. The van der Waals surface area contributed by atoms with Crippen molar-refractivity contribution in [2.75, 3.05) is 13.1 Å². The molecule has 2 rings (SSSR count). The highest BCUT2D eigenvalue weighted by Crippen LogP contribution is 2.34. The lowest BCUT2D eigenvalue weighted by Crippen LogP contribution is -2.47. The molecule has 0 saturated carbocycles. The highest BCUT2D eigenvalue weighted by Gasteiger charge is 2.41. The first-order valence-electron chi connectivity index (χ1n) is 6.89. The largest absolute Gasteiger partial charge is 0.373 e. The van der Waals surface area contributed by atoms with Crippen LogP contribution in [0.5, 0.6) is 0 Å². The third-order valence-corrected chi connectivity index (χ3v) is 3.39. The average Bonchev–Trinajstić information content (AvgIpc) is 2.88. The van der Waals surface area contributed by atoms with E-state index >= 15 is 0 Å². The lowest BCUT2D eigenvalue weighted by molar-refractivity contribution is 0.0992. The first kappa shape index (κ1) is 16.0. The molecule has 18 heavy (non-hydrogen) atoms. The van der Waals surface area contributed by atoms with E-state index in [-0.39, 0.29) is 24.0 Å². The zero-order valence-corrected chi connectivity index (χ0v) is 13.9. The van der Waals surface area contributed by atoms with E-state index in [0.717, 1.165) is 25.5 Å². The minimum absolute atomic E-state index is 0. The van der Waals surface area contributed by atoms with E-state index in [4.69, 9.17) is 4.74 Å². The lowest BCUT2D eigenvalue weighted by atomic mass is 9.96. The molecule has 2 saturated heterocycles. The summed E-state index contributed by atoms with van der Waals surface area (Å²) in [4.78, 5) is 4.60. The van der Waals surface area contributed by atoms with Gasteiger partial charge in [0.1, 0.15) is 0 Å². The molecule has 2 bridgehead atoms. The van der Waals surface area contributed by atoms with Crippen LogP contribution in [0.15, 0.2) is 4.99 Å². The first-order chi connectivity index (χ1) is 8.19. The number of rotatable bonds is 4. The van der Waals surface area contributed by atoms with Gasteiger partial charge >= 0.3 is 0 Å². The van der Waals surface area contributed by atoms with E-state index in [0.29, 0.717) is 24.2 Å².